The van der Waals surface area contributed by atoms with Crippen molar-refractivity contribution in [2.24, 2.45) is 23.7 Å². The van der Waals surface area contributed by atoms with E-state index in [1.54, 1.807) is 44.2 Å². The van der Waals surface area contributed by atoms with Gasteiger partial charge in [-0.05, 0) is 85.2 Å². The zero-order valence-corrected chi connectivity index (χ0v) is 34.1. The molecular weight excluding hydrogens is 877 g/mol. The number of benzene rings is 2. The highest BCUT2D eigenvalue weighted by molar-refractivity contribution is 6.33. The highest BCUT2D eigenvalue weighted by Crippen LogP contribution is 2.64. The normalized spacial score (nSPS) is 25.0. The van der Waals surface area contributed by atoms with Gasteiger partial charge in [-0.15, -0.1) is 0 Å². The van der Waals surface area contributed by atoms with Crippen LogP contribution in [-0.2, 0) is 36.9 Å². The van der Waals surface area contributed by atoms with Crippen molar-refractivity contribution in [1.29, 1.82) is 0 Å². The monoisotopic (exact) mass is 906 g/mol. The molecule has 2 aliphatic heterocycles. The number of carbonyl (C=O) groups is 4. The Hall–Kier alpha value is -5.39. The van der Waals surface area contributed by atoms with Crippen molar-refractivity contribution in [2.75, 3.05) is 17.5 Å². The molecule has 2 aromatic carbocycles. The molecule has 2 aliphatic carbocycles. The molecule has 6 unspecified atom stereocenters. The number of nitrogens with one attached hydrogen (secondary N) is 1. The van der Waals surface area contributed by atoms with E-state index < -0.39 is 98.9 Å². The van der Waals surface area contributed by atoms with Gasteiger partial charge in [-0.2, -0.15) is 36.4 Å². The molecule has 0 bridgehead atoms. The number of amides is 4. The number of aromatic hydroxyl groups is 1. The van der Waals surface area contributed by atoms with Crippen LogP contribution in [0, 0.1) is 37.5 Å². The van der Waals surface area contributed by atoms with Gasteiger partial charge < -0.3 is 5.11 Å². The Labute approximate surface area is 357 Å². The Morgan fingerprint density at radius 1 is 0.852 bits per heavy atom. The minimum atomic E-state index is -4.88. The SMILES string of the molecule is Cc1cc(C2C3=CCC4C(=O)N(N(C)c5nc(C(F)(F)F)ccc5Cl)C(=O)C4C3CC3C(=O)N(Nc4ncc(C(F)(F)F)cc4Cl)C(=O)C32c2ccc(Cl)cc2)cc(C)c1O. The first-order valence-corrected chi connectivity index (χ1v) is 19.7. The third kappa shape index (κ3) is 6.58. The van der Waals surface area contributed by atoms with Crippen molar-refractivity contribution in [3.63, 3.8) is 0 Å². The van der Waals surface area contributed by atoms with Crippen LogP contribution in [0.4, 0.5) is 38.0 Å². The molecule has 1 saturated carbocycles. The third-order valence-electron chi connectivity index (χ3n) is 12.1. The molecule has 2 saturated heterocycles. The maximum absolute atomic E-state index is 15.4. The van der Waals surface area contributed by atoms with Gasteiger partial charge in [-0.3, -0.25) is 29.6 Å². The minimum Gasteiger partial charge on any atom is -0.507 e. The first-order valence-electron chi connectivity index (χ1n) is 18.6. The fourth-order valence-corrected chi connectivity index (χ4v) is 10.1. The zero-order valence-electron chi connectivity index (χ0n) is 31.9. The summed E-state index contributed by atoms with van der Waals surface area (Å²) >= 11 is 18.9. The van der Waals surface area contributed by atoms with Gasteiger partial charge in [0.15, 0.2) is 11.6 Å². The average Bonchev–Trinajstić information content (AvgIpc) is 3.57. The molecule has 61 heavy (non-hydrogen) atoms. The van der Waals surface area contributed by atoms with E-state index in [1.807, 2.05) is 0 Å². The maximum Gasteiger partial charge on any atom is 0.433 e. The Morgan fingerprint density at radius 2 is 1.51 bits per heavy atom. The number of halogens is 9. The lowest BCUT2D eigenvalue weighted by atomic mass is 9.49. The molecule has 2 N–H and O–H groups in total. The van der Waals surface area contributed by atoms with Crippen LogP contribution in [0.3, 0.4) is 0 Å². The summed E-state index contributed by atoms with van der Waals surface area (Å²) in [5, 5.41) is 12.5. The van der Waals surface area contributed by atoms with Crippen molar-refractivity contribution in [1.82, 2.24) is 20.0 Å². The Kier molecular flexibility index (Phi) is 10.1. The van der Waals surface area contributed by atoms with Crippen molar-refractivity contribution < 1.29 is 50.6 Å². The van der Waals surface area contributed by atoms with Gasteiger partial charge in [0.05, 0.1) is 38.8 Å². The first kappa shape index (κ1) is 42.3. The number of aromatic nitrogens is 2. The lowest BCUT2D eigenvalue weighted by Crippen LogP contribution is -2.53. The summed E-state index contributed by atoms with van der Waals surface area (Å²) in [6, 6.07) is 11.6. The second-order valence-electron chi connectivity index (χ2n) is 15.4. The zero-order chi connectivity index (χ0) is 44.2. The Bertz CT molecular complexity index is 2570. The number of aryl methyl sites for hydroxylation is 2. The molecule has 3 fully saturated rings. The summed E-state index contributed by atoms with van der Waals surface area (Å²) in [5.74, 6) is -9.90. The Morgan fingerprint density at radius 3 is 2.11 bits per heavy atom. The summed E-state index contributed by atoms with van der Waals surface area (Å²) in [6.07, 6.45) is -7.76. The van der Waals surface area contributed by atoms with Crippen molar-refractivity contribution in [2.45, 2.75) is 50.4 Å². The fourth-order valence-electron chi connectivity index (χ4n) is 9.50. The van der Waals surface area contributed by atoms with Crippen LogP contribution in [0.1, 0.15) is 52.3 Å². The summed E-state index contributed by atoms with van der Waals surface area (Å²) in [5.41, 5.74) is 0.278. The van der Waals surface area contributed by atoms with E-state index in [4.69, 9.17) is 34.8 Å². The number of pyridine rings is 2. The quantitative estimate of drug-likeness (QED) is 0.111. The number of alkyl halides is 6. The molecule has 4 heterocycles. The number of anilines is 2. The van der Waals surface area contributed by atoms with Gasteiger partial charge in [0.25, 0.3) is 23.6 Å². The molecule has 0 radical (unpaired) electrons. The number of hydrazine groups is 2. The molecule has 2 aromatic heterocycles. The van der Waals surface area contributed by atoms with Crippen LogP contribution in [0.25, 0.3) is 0 Å². The van der Waals surface area contributed by atoms with Crippen molar-refractivity contribution in [3.8, 4) is 5.75 Å². The number of imide groups is 2. The van der Waals surface area contributed by atoms with E-state index in [1.165, 1.54) is 19.2 Å². The number of phenols is 1. The highest BCUT2D eigenvalue weighted by atomic mass is 35.5. The minimum absolute atomic E-state index is 0.0388. The van der Waals surface area contributed by atoms with Crippen molar-refractivity contribution >= 4 is 70.1 Å². The topological polar surface area (TPSA) is 136 Å². The number of phenolic OH excluding ortho intramolecular Hbond substituents is 1. The van der Waals surface area contributed by atoms with Gasteiger partial charge >= 0.3 is 12.4 Å². The van der Waals surface area contributed by atoms with Crippen LogP contribution >= 0.6 is 34.8 Å². The van der Waals surface area contributed by atoms with E-state index in [2.05, 4.69) is 15.4 Å². The van der Waals surface area contributed by atoms with Crippen LogP contribution < -0.4 is 10.4 Å². The smallest absolute Gasteiger partial charge is 0.433 e. The largest absolute Gasteiger partial charge is 0.507 e. The van der Waals surface area contributed by atoms with Gasteiger partial charge in [-0.25, -0.2) is 9.97 Å². The number of fused-ring (bicyclic) bond motifs is 4. The lowest BCUT2D eigenvalue weighted by Gasteiger charge is -2.50. The number of hydrogen-bond donors (Lipinski definition) is 2. The number of carbonyl (C=O) groups excluding carboxylic acids is 4. The number of hydrogen-bond acceptors (Lipinski definition) is 9. The van der Waals surface area contributed by atoms with E-state index >= 15 is 4.79 Å². The van der Waals surface area contributed by atoms with Crippen LogP contribution in [0.2, 0.25) is 15.1 Å². The summed E-state index contributed by atoms with van der Waals surface area (Å²) in [6.45, 7) is 3.27. The third-order valence-corrected chi connectivity index (χ3v) is 12.9. The van der Waals surface area contributed by atoms with Gasteiger partial charge in [0.1, 0.15) is 11.4 Å². The first-order chi connectivity index (χ1) is 28.6. The molecule has 318 valence electrons. The molecule has 4 amide bonds. The molecular formula is C41H31Cl3F6N6O5. The lowest BCUT2D eigenvalue weighted by molar-refractivity contribution is -0.142. The number of nitrogens with zero attached hydrogens (tertiary/aromatic N) is 5. The standard InChI is InChI=1S/C41H31Cl3F6N6O5/c1-17-12-19(13-18(2)32(17)57)31-23-8-9-24-30(37(60)56(35(24)58)54(3)34-27(43)10-11-29(52-34)41(48,49)50)25(23)15-26-36(59)55(38(61)39(26,31)20-4-6-22(42)7-5-20)53-33-28(44)14-21(16-51-33)40(45,46)47/h4-8,10-14,16,24-26,30-31,57H,9,15H2,1-3H3,(H,51,53). The molecule has 11 nitrogen and oxygen atoms in total. The molecule has 20 heteroatoms. The second-order valence-corrected chi connectivity index (χ2v) is 16.7. The van der Waals surface area contributed by atoms with E-state index in [0.717, 1.165) is 11.1 Å². The van der Waals surface area contributed by atoms with Gasteiger partial charge in [-0.1, -0.05) is 70.7 Å². The second kappa shape index (κ2) is 14.6. The van der Waals surface area contributed by atoms with Crippen LogP contribution in [-0.4, -0.2) is 55.8 Å². The van der Waals surface area contributed by atoms with Crippen LogP contribution in [0.15, 0.2) is 72.4 Å². The molecule has 4 aliphatic rings. The predicted octanol–water partition coefficient (Wildman–Crippen LogP) is 8.83. The molecule has 8 rings (SSSR count). The average molecular weight is 908 g/mol. The Balaban J connectivity index is 1.29. The van der Waals surface area contributed by atoms with Gasteiger partial charge in [0, 0.05) is 24.2 Å². The molecule has 0 spiro atoms. The number of rotatable bonds is 6. The van der Waals surface area contributed by atoms with Crippen LogP contribution in [0.5, 0.6) is 5.75 Å². The number of allylic oxidation sites excluding steroid dienone is 2. The predicted molar refractivity (Wildman–Crippen MR) is 209 cm³/mol. The maximum atomic E-state index is 15.4. The molecule has 4 aromatic rings. The van der Waals surface area contributed by atoms with E-state index in [9.17, 15) is 45.8 Å². The summed E-state index contributed by atoms with van der Waals surface area (Å²) < 4.78 is 81.8. The van der Waals surface area contributed by atoms with E-state index in [-0.39, 0.29) is 23.6 Å². The fraction of sp³-hybridized carbons (Fsp3) is 0.317. The van der Waals surface area contributed by atoms with Crippen molar-refractivity contribution in [3.05, 3.63) is 121 Å². The summed E-state index contributed by atoms with van der Waals surface area (Å²) in [4.78, 5) is 66.7. The highest BCUT2D eigenvalue weighted by Gasteiger charge is 2.70. The van der Waals surface area contributed by atoms with Gasteiger partial charge in [0.2, 0.25) is 0 Å². The van der Waals surface area contributed by atoms with E-state index in [0.29, 0.717) is 61.2 Å². The summed E-state index contributed by atoms with van der Waals surface area (Å²) in [7, 11) is 1.18. The molecule has 6 atom stereocenters.